The molecule has 1 heterocycles. The van der Waals surface area contributed by atoms with Crippen LogP contribution in [0.15, 0.2) is 28.7 Å². The van der Waals surface area contributed by atoms with Crippen LogP contribution in [0.1, 0.15) is 16.1 Å². The zero-order valence-corrected chi connectivity index (χ0v) is 13.7. The van der Waals surface area contributed by atoms with Crippen LogP contribution in [-0.4, -0.2) is 19.7 Å². The smallest absolute Gasteiger partial charge is 0.231 e. The van der Waals surface area contributed by atoms with E-state index in [-0.39, 0.29) is 0 Å². The highest BCUT2D eigenvalue weighted by molar-refractivity contribution is 9.10. The van der Waals surface area contributed by atoms with E-state index in [9.17, 15) is 8.42 Å². The fraction of sp³-hybridized carbons (Fsp3) is 0.250. The molecule has 0 saturated heterocycles. The minimum atomic E-state index is -3.27. The minimum absolute atomic E-state index is 0.423. The number of anilines is 1. The standard InChI is InChI=1S/C12H13BrN2O2S2/c1-8-11(7-9-3-5-10(13)6-4-9)18-12(14-8)15-19(2,16)17/h3-6H,7H2,1-2H3,(H,14,15). The molecule has 0 amide bonds. The van der Waals surface area contributed by atoms with Crippen molar-refractivity contribution in [2.75, 3.05) is 11.0 Å². The molecule has 0 fully saturated rings. The zero-order chi connectivity index (χ0) is 14.0. The number of aromatic nitrogens is 1. The molecule has 7 heteroatoms. The van der Waals surface area contributed by atoms with Gasteiger partial charge >= 0.3 is 0 Å². The van der Waals surface area contributed by atoms with Gasteiger partial charge < -0.3 is 0 Å². The lowest BCUT2D eigenvalue weighted by Crippen LogP contribution is -2.08. The Bertz CT molecular complexity index is 678. The van der Waals surface area contributed by atoms with Crippen LogP contribution in [-0.2, 0) is 16.4 Å². The maximum Gasteiger partial charge on any atom is 0.231 e. The average molecular weight is 361 g/mol. The number of rotatable bonds is 4. The van der Waals surface area contributed by atoms with E-state index in [1.54, 1.807) is 0 Å². The Morgan fingerprint density at radius 1 is 1.32 bits per heavy atom. The predicted molar refractivity (Wildman–Crippen MR) is 82.3 cm³/mol. The fourth-order valence-corrected chi connectivity index (χ4v) is 3.68. The van der Waals surface area contributed by atoms with Crippen molar-refractivity contribution >= 4 is 42.4 Å². The van der Waals surface area contributed by atoms with Gasteiger partial charge in [0.15, 0.2) is 5.13 Å². The molecule has 0 aliphatic heterocycles. The molecule has 0 unspecified atom stereocenters. The SMILES string of the molecule is Cc1nc(NS(C)(=O)=O)sc1Cc1ccc(Br)cc1. The molecular formula is C12H13BrN2O2S2. The van der Waals surface area contributed by atoms with E-state index in [1.165, 1.54) is 16.9 Å². The molecule has 19 heavy (non-hydrogen) atoms. The highest BCUT2D eigenvalue weighted by Gasteiger charge is 2.11. The number of nitrogens with zero attached hydrogens (tertiary/aromatic N) is 1. The molecule has 102 valence electrons. The van der Waals surface area contributed by atoms with E-state index in [0.717, 1.165) is 27.7 Å². The molecule has 0 saturated carbocycles. The molecular weight excluding hydrogens is 348 g/mol. The Hall–Kier alpha value is -0.920. The molecule has 2 rings (SSSR count). The second kappa shape index (κ2) is 5.60. The van der Waals surface area contributed by atoms with Crippen LogP contribution < -0.4 is 4.72 Å². The summed E-state index contributed by atoms with van der Waals surface area (Å²) >= 11 is 4.77. The first-order valence-electron chi connectivity index (χ1n) is 5.52. The van der Waals surface area contributed by atoms with Gasteiger partial charge in [-0.3, -0.25) is 4.72 Å². The number of hydrogen-bond donors (Lipinski definition) is 1. The number of sulfonamides is 1. The van der Waals surface area contributed by atoms with Crippen molar-refractivity contribution in [1.82, 2.24) is 4.98 Å². The summed E-state index contributed by atoms with van der Waals surface area (Å²) in [7, 11) is -3.27. The van der Waals surface area contributed by atoms with Crippen LogP contribution in [0.3, 0.4) is 0 Å². The lowest BCUT2D eigenvalue weighted by molar-refractivity contribution is 0.607. The molecule has 0 aliphatic carbocycles. The Morgan fingerprint density at radius 3 is 2.53 bits per heavy atom. The summed E-state index contributed by atoms with van der Waals surface area (Å²) < 4.78 is 25.8. The van der Waals surface area contributed by atoms with E-state index in [2.05, 4.69) is 25.6 Å². The van der Waals surface area contributed by atoms with Crippen molar-refractivity contribution in [2.45, 2.75) is 13.3 Å². The van der Waals surface area contributed by atoms with Gasteiger partial charge in [-0.05, 0) is 24.6 Å². The van der Waals surface area contributed by atoms with E-state index in [1.807, 2.05) is 31.2 Å². The zero-order valence-electron chi connectivity index (χ0n) is 10.5. The number of nitrogens with one attached hydrogen (secondary N) is 1. The minimum Gasteiger partial charge on any atom is -0.259 e. The van der Waals surface area contributed by atoms with Crippen molar-refractivity contribution in [2.24, 2.45) is 0 Å². The first kappa shape index (κ1) is 14.5. The molecule has 0 bridgehead atoms. The monoisotopic (exact) mass is 360 g/mol. The van der Waals surface area contributed by atoms with Crippen LogP contribution in [0.25, 0.3) is 0 Å². The molecule has 1 aromatic carbocycles. The van der Waals surface area contributed by atoms with Gasteiger partial charge in [-0.15, -0.1) is 11.3 Å². The Balaban J connectivity index is 2.19. The number of hydrogen-bond acceptors (Lipinski definition) is 4. The maximum absolute atomic E-state index is 11.2. The summed E-state index contributed by atoms with van der Waals surface area (Å²) in [5.74, 6) is 0. The van der Waals surface area contributed by atoms with Gasteiger partial charge in [-0.25, -0.2) is 13.4 Å². The van der Waals surface area contributed by atoms with E-state index in [4.69, 9.17) is 0 Å². The highest BCUT2D eigenvalue weighted by Crippen LogP contribution is 2.26. The molecule has 0 spiro atoms. The number of thiazole rings is 1. The molecule has 0 radical (unpaired) electrons. The van der Waals surface area contributed by atoms with Gasteiger partial charge in [0, 0.05) is 15.8 Å². The van der Waals surface area contributed by atoms with Gasteiger partial charge in [0.05, 0.1) is 11.9 Å². The lowest BCUT2D eigenvalue weighted by Gasteiger charge is -1.99. The summed E-state index contributed by atoms with van der Waals surface area (Å²) in [6, 6.07) is 8.04. The third kappa shape index (κ3) is 4.29. The first-order valence-corrected chi connectivity index (χ1v) is 9.02. The highest BCUT2D eigenvalue weighted by atomic mass is 79.9. The molecule has 2 aromatic rings. The Kier molecular flexibility index (Phi) is 4.27. The van der Waals surface area contributed by atoms with E-state index < -0.39 is 10.0 Å². The Morgan fingerprint density at radius 2 is 1.95 bits per heavy atom. The van der Waals surface area contributed by atoms with Crippen molar-refractivity contribution in [1.29, 1.82) is 0 Å². The van der Waals surface area contributed by atoms with Gasteiger partial charge in [0.2, 0.25) is 10.0 Å². The molecule has 4 nitrogen and oxygen atoms in total. The summed E-state index contributed by atoms with van der Waals surface area (Å²) in [6.07, 6.45) is 1.88. The Labute approximate surface area is 125 Å². The maximum atomic E-state index is 11.2. The van der Waals surface area contributed by atoms with Crippen molar-refractivity contribution in [3.63, 3.8) is 0 Å². The molecule has 0 aliphatic rings. The van der Waals surface area contributed by atoms with Crippen molar-refractivity contribution < 1.29 is 8.42 Å². The predicted octanol–water partition coefficient (Wildman–Crippen LogP) is 3.18. The molecule has 1 N–H and O–H groups in total. The van der Waals surface area contributed by atoms with Gasteiger partial charge in [0.1, 0.15) is 0 Å². The number of halogens is 1. The summed E-state index contributed by atoms with van der Waals surface area (Å²) in [5.41, 5.74) is 2.03. The van der Waals surface area contributed by atoms with Gasteiger partial charge in [-0.2, -0.15) is 0 Å². The fourth-order valence-electron chi connectivity index (χ4n) is 1.58. The van der Waals surface area contributed by atoms with Crippen molar-refractivity contribution in [3.05, 3.63) is 44.9 Å². The third-order valence-corrected chi connectivity index (χ3v) is 4.74. The summed E-state index contributed by atoms with van der Waals surface area (Å²) in [6.45, 7) is 1.89. The van der Waals surface area contributed by atoms with Crippen LogP contribution in [0.2, 0.25) is 0 Å². The molecule has 0 atom stereocenters. The van der Waals surface area contributed by atoms with Crippen molar-refractivity contribution in [3.8, 4) is 0 Å². The lowest BCUT2D eigenvalue weighted by atomic mass is 10.1. The topological polar surface area (TPSA) is 59.1 Å². The first-order chi connectivity index (χ1) is 8.83. The third-order valence-electron chi connectivity index (χ3n) is 2.44. The van der Waals surface area contributed by atoms with E-state index in [0.29, 0.717) is 5.13 Å². The second-order valence-electron chi connectivity index (χ2n) is 4.21. The van der Waals surface area contributed by atoms with Crippen LogP contribution in [0.5, 0.6) is 0 Å². The van der Waals surface area contributed by atoms with Crippen LogP contribution in [0, 0.1) is 6.92 Å². The summed E-state index contributed by atoms with van der Waals surface area (Å²) in [5, 5.41) is 0.423. The molecule has 1 aromatic heterocycles. The quantitative estimate of drug-likeness (QED) is 0.910. The van der Waals surface area contributed by atoms with Gasteiger partial charge in [-0.1, -0.05) is 28.1 Å². The van der Waals surface area contributed by atoms with Crippen LogP contribution in [0.4, 0.5) is 5.13 Å². The second-order valence-corrected chi connectivity index (χ2v) is 7.95. The summed E-state index contributed by atoms with van der Waals surface area (Å²) in [4.78, 5) is 5.29. The number of benzene rings is 1. The van der Waals surface area contributed by atoms with Crippen LogP contribution >= 0.6 is 27.3 Å². The van der Waals surface area contributed by atoms with E-state index >= 15 is 0 Å². The van der Waals surface area contributed by atoms with Gasteiger partial charge in [0.25, 0.3) is 0 Å². The average Bonchev–Trinajstić information content (AvgIpc) is 2.60. The normalized spacial score (nSPS) is 11.5. The number of aryl methyl sites for hydroxylation is 1. The largest absolute Gasteiger partial charge is 0.259 e.